The van der Waals surface area contributed by atoms with Crippen molar-refractivity contribution < 1.29 is 27.1 Å². The second-order valence-electron chi connectivity index (χ2n) is 6.32. The number of rotatable bonds is 7. The highest BCUT2D eigenvalue weighted by Gasteiger charge is 2.23. The first-order valence-corrected chi connectivity index (χ1v) is 9.97. The third-order valence-corrected chi connectivity index (χ3v) is 4.98. The minimum atomic E-state index is -4.05. The molecule has 0 saturated heterocycles. The summed E-state index contributed by atoms with van der Waals surface area (Å²) in [7, 11) is -4.05. The first-order valence-electron chi connectivity index (χ1n) is 8.49. The SMILES string of the molecule is CC(C)NC(=O)[C@@H](C)OC(=O)c1ccccc1NS(=O)(=O)c1ccc(F)cc1. The number of esters is 1. The molecule has 9 heteroatoms. The second-order valence-corrected chi connectivity index (χ2v) is 8.00. The highest BCUT2D eigenvalue weighted by Crippen LogP contribution is 2.21. The van der Waals surface area contributed by atoms with E-state index in [1.54, 1.807) is 13.8 Å². The Hall–Kier alpha value is -2.94. The molecule has 2 rings (SSSR count). The lowest BCUT2D eigenvalue weighted by Gasteiger charge is -2.17. The van der Waals surface area contributed by atoms with E-state index in [2.05, 4.69) is 10.0 Å². The van der Waals surface area contributed by atoms with E-state index < -0.39 is 33.8 Å². The van der Waals surface area contributed by atoms with E-state index in [0.717, 1.165) is 24.3 Å². The van der Waals surface area contributed by atoms with Gasteiger partial charge in [-0.25, -0.2) is 17.6 Å². The van der Waals surface area contributed by atoms with Crippen molar-refractivity contribution in [3.63, 3.8) is 0 Å². The van der Waals surface area contributed by atoms with Crippen LogP contribution in [0.1, 0.15) is 31.1 Å². The maximum atomic E-state index is 13.0. The lowest BCUT2D eigenvalue weighted by molar-refractivity contribution is -0.129. The molecule has 0 fully saturated rings. The molecular formula is C19H21FN2O5S. The molecule has 2 aromatic rings. The molecular weight excluding hydrogens is 387 g/mol. The third-order valence-electron chi connectivity index (χ3n) is 3.60. The number of ether oxygens (including phenoxy) is 1. The quantitative estimate of drug-likeness (QED) is 0.686. The van der Waals surface area contributed by atoms with Gasteiger partial charge in [-0.05, 0) is 57.2 Å². The molecule has 1 amide bonds. The molecule has 0 saturated carbocycles. The summed E-state index contributed by atoms with van der Waals surface area (Å²) in [5, 5.41) is 2.62. The van der Waals surface area contributed by atoms with Crippen LogP contribution < -0.4 is 10.0 Å². The summed E-state index contributed by atoms with van der Waals surface area (Å²) >= 11 is 0. The molecule has 0 aliphatic heterocycles. The van der Waals surface area contributed by atoms with E-state index in [-0.39, 0.29) is 22.2 Å². The molecule has 0 unspecified atom stereocenters. The van der Waals surface area contributed by atoms with Gasteiger partial charge in [0.15, 0.2) is 6.10 Å². The van der Waals surface area contributed by atoms with Gasteiger partial charge in [-0.3, -0.25) is 9.52 Å². The van der Waals surface area contributed by atoms with Crippen LogP contribution >= 0.6 is 0 Å². The number of benzene rings is 2. The Kier molecular flexibility index (Phi) is 6.74. The van der Waals surface area contributed by atoms with Crippen molar-refractivity contribution in [2.24, 2.45) is 0 Å². The van der Waals surface area contributed by atoms with Gasteiger partial charge in [0.25, 0.3) is 15.9 Å². The predicted octanol–water partition coefficient (Wildman–Crippen LogP) is 2.70. The summed E-state index contributed by atoms with van der Waals surface area (Å²) in [6, 6.07) is 9.96. The van der Waals surface area contributed by atoms with E-state index in [0.29, 0.717) is 0 Å². The van der Waals surface area contributed by atoms with Gasteiger partial charge >= 0.3 is 5.97 Å². The number of amides is 1. The van der Waals surface area contributed by atoms with Crippen molar-refractivity contribution in [3.05, 3.63) is 59.9 Å². The number of hydrogen-bond acceptors (Lipinski definition) is 5. The summed E-state index contributed by atoms with van der Waals surface area (Å²) in [6.45, 7) is 4.96. The molecule has 2 N–H and O–H groups in total. The topological polar surface area (TPSA) is 102 Å². The zero-order chi connectivity index (χ0) is 20.9. The predicted molar refractivity (Wildman–Crippen MR) is 102 cm³/mol. The van der Waals surface area contributed by atoms with Crippen LogP contribution in [-0.2, 0) is 19.6 Å². The number of carbonyl (C=O) groups is 2. The molecule has 2 aromatic carbocycles. The van der Waals surface area contributed by atoms with Crippen LogP contribution in [0.15, 0.2) is 53.4 Å². The van der Waals surface area contributed by atoms with Crippen molar-refractivity contribution in [2.45, 2.75) is 37.8 Å². The van der Waals surface area contributed by atoms with Gasteiger partial charge in [0.1, 0.15) is 5.82 Å². The molecule has 0 spiro atoms. The van der Waals surface area contributed by atoms with E-state index in [1.807, 2.05) is 0 Å². The van der Waals surface area contributed by atoms with Gasteiger partial charge in [-0.1, -0.05) is 12.1 Å². The Bertz CT molecular complexity index is 959. The summed E-state index contributed by atoms with van der Waals surface area (Å²) < 4.78 is 45.4. The Labute approximate surface area is 163 Å². The van der Waals surface area contributed by atoms with Crippen molar-refractivity contribution >= 4 is 27.6 Å². The van der Waals surface area contributed by atoms with Crippen molar-refractivity contribution in [3.8, 4) is 0 Å². The summed E-state index contributed by atoms with van der Waals surface area (Å²) in [4.78, 5) is 24.2. The zero-order valence-corrected chi connectivity index (χ0v) is 16.4. The van der Waals surface area contributed by atoms with E-state index in [4.69, 9.17) is 4.74 Å². The van der Waals surface area contributed by atoms with E-state index in [1.165, 1.54) is 31.2 Å². The maximum absolute atomic E-state index is 13.0. The normalized spacial score (nSPS) is 12.3. The standard InChI is InChI=1S/C19H21FN2O5S/c1-12(2)21-18(23)13(3)27-19(24)16-6-4-5-7-17(16)22-28(25,26)15-10-8-14(20)9-11-15/h4-13,22H,1-3H3,(H,21,23)/t13-/m1/s1. The third kappa shape index (κ3) is 5.53. The van der Waals surface area contributed by atoms with Crippen LogP contribution in [0.4, 0.5) is 10.1 Å². The lowest BCUT2D eigenvalue weighted by atomic mass is 10.2. The molecule has 0 heterocycles. The van der Waals surface area contributed by atoms with Gasteiger partial charge in [0.2, 0.25) is 0 Å². The monoisotopic (exact) mass is 408 g/mol. The molecule has 0 bridgehead atoms. The van der Waals surface area contributed by atoms with Crippen LogP contribution in [0, 0.1) is 5.82 Å². The van der Waals surface area contributed by atoms with Gasteiger partial charge in [-0.2, -0.15) is 0 Å². The molecule has 7 nitrogen and oxygen atoms in total. The number of nitrogens with one attached hydrogen (secondary N) is 2. The van der Waals surface area contributed by atoms with E-state index >= 15 is 0 Å². The summed E-state index contributed by atoms with van der Waals surface area (Å²) in [5.41, 5.74) is -0.0781. The zero-order valence-electron chi connectivity index (χ0n) is 15.6. The molecule has 0 aromatic heterocycles. The van der Waals surface area contributed by atoms with Crippen LogP contribution in [0.5, 0.6) is 0 Å². The maximum Gasteiger partial charge on any atom is 0.341 e. The fourth-order valence-corrected chi connectivity index (χ4v) is 3.33. The Morgan fingerprint density at radius 2 is 1.61 bits per heavy atom. The molecule has 28 heavy (non-hydrogen) atoms. The Balaban J connectivity index is 2.21. The highest BCUT2D eigenvalue weighted by molar-refractivity contribution is 7.92. The Morgan fingerprint density at radius 3 is 2.21 bits per heavy atom. The smallest absolute Gasteiger partial charge is 0.341 e. The van der Waals surface area contributed by atoms with Crippen LogP contribution in [0.3, 0.4) is 0 Å². The fraction of sp³-hybridized carbons (Fsp3) is 0.263. The minimum absolute atomic E-state index is 0.0201. The van der Waals surface area contributed by atoms with Crippen LogP contribution in [-0.4, -0.2) is 32.4 Å². The highest BCUT2D eigenvalue weighted by atomic mass is 32.2. The molecule has 150 valence electrons. The first kappa shape index (κ1) is 21.4. The van der Waals surface area contributed by atoms with Crippen LogP contribution in [0.2, 0.25) is 0 Å². The molecule has 0 aliphatic carbocycles. The van der Waals surface area contributed by atoms with Gasteiger partial charge < -0.3 is 10.1 Å². The molecule has 1 atom stereocenters. The Morgan fingerprint density at radius 1 is 1.00 bits per heavy atom. The van der Waals surface area contributed by atoms with Gasteiger partial charge in [0, 0.05) is 6.04 Å². The minimum Gasteiger partial charge on any atom is -0.449 e. The van der Waals surface area contributed by atoms with Crippen LogP contribution in [0.25, 0.3) is 0 Å². The average molecular weight is 408 g/mol. The lowest BCUT2D eigenvalue weighted by Crippen LogP contribution is -2.39. The molecule has 0 radical (unpaired) electrons. The summed E-state index contributed by atoms with van der Waals surface area (Å²) in [5.74, 6) is -1.90. The van der Waals surface area contributed by atoms with Crippen molar-refractivity contribution in [1.29, 1.82) is 0 Å². The summed E-state index contributed by atoms with van der Waals surface area (Å²) in [6.07, 6.45) is -1.06. The molecule has 0 aliphatic rings. The van der Waals surface area contributed by atoms with E-state index in [9.17, 15) is 22.4 Å². The number of carbonyl (C=O) groups excluding carboxylic acids is 2. The number of sulfonamides is 1. The van der Waals surface area contributed by atoms with Gasteiger partial charge in [-0.15, -0.1) is 0 Å². The van der Waals surface area contributed by atoms with Crippen molar-refractivity contribution in [1.82, 2.24) is 5.32 Å². The number of para-hydroxylation sites is 1. The average Bonchev–Trinajstić information content (AvgIpc) is 2.61. The second kappa shape index (κ2) is 8.83. The largest absolute Gasteiger partial charge is 0.449 e. The first-order chi connectivity index (χ1) is 13.1. The van der Waals surface area contributed by atoms with Crippen molar-refractivity contribution in [2.75, 3.05) is 4.72 Å². The number of anilines is 1. The fourth-order valence-electron chi connectivity index (χ4n) is 2.25. The number of halogens is 1. The van der Waals surface area contributed by atoms with Gasteiger partial charge in [0.05, 0.1) is 16.1 Å². The number of hydrogen-bond donors (Lipinski definition) is 2.